The summed E-state index contributed by atoms with van der Waals surface area (Å²) in [6, 6.07) is 4.57. The molecule has 9 heteroatoms. The molecule has 0 aliphatic carbocycles. The summed E-state index contributed by atoms with van der Waals surface area (Å²) in [7, 11) is 0. The van der Waals surface area contributed by atoms with E-state index >= 15 is 0 Å². The van der Waals surface area contributed by atoms with Crippen LogP contribution in [-0.4, -0.2) is 39.1 Å². The van der Waals surface area contributed by atoms with Gasteiger partial charge in [-0.2, -0.15) is 0 Å². The van der Waals surface area contributed by atoms with Gasteiger partial charge in [-0.3, -0.25) is 24.4 Å². The average molecular weight is 382 g/mol. The normalized spacial score (nSPS) is 19.1. The standard InChI is InChI=1S/C19H22N6O3/c1-11-2-5-16(15-4-3-13(20)8-23-15)25(10-11)19(28)18(27)24-14-6-12(17(21)26)7-22-9-14/h3-4,6-9,11,16H,2,5,10,20H2,1H3,(H2,21,26)(H,24,27)/t11-,16?/m0/s1. The molecule has 2 aromatic heterocycles. The van der Waals surface area contributed by atoms with Gasteiger partial charge in [-0.25, -0.2) is 0 Å². The summed E-state index contributed by atoms with van der Waals surface area (Å²) in [4.78, 5) is 46.4. The van der Waals surface area contributed by atoms with Gasteiger partial charge in [-0.05, 0) is 37.0 Å². The number of nitrogen functional groups attached to an aromatic ring is 1. The quantitative estimate of drug-likeness (QED) is 0.678. The second-order valence-electron chi connectivity index (χ2n) is 6.95. The van der Waals surface area contributed by atoms with Crippen LogP contribution in [0.25, 0.3) is 0 Å². The Morgan fingerprint density at radius 3 is 2.64 bits per heavy atom. The van der Waals surface area contributed by atoms with E-state index in [0.717, 1.165) is 6.42 Å². The molecular weight excluding hydrogens is 360 g/mol. The summed E-state index contributed by atoms with van der Waals surface area (Å²) >= 11 is 0. The van der Waals surface area contributed by atoms with Crippen molar-refractivity contribution in [3.05, 3.63) is 48.0 Å². The highest BCUT2D eigenvalue weighted by Crippen LogP contribution is 2.32. The fourth-order valence-electron chi connectivity index (χ4n) is 3.26. The van der Waals surface area contributed by atoms with Crippen molar-refractivity contribution in [1.82, 2.24) is 14.9 Å². The Kier molecular flexibility index (Phi) is 5.53. The number of amides is 3. The number of nitrogens with one attached hydrogen (secondary N) is 1. The first-order valence-electron chi connectivity index (χ1n) is 8.93. The summed E-state index contributed by atoms with van der Waals surface area (Å²) in [5, 5.41) is 2.49. The Balaban J connectivity index is 1.79. The summed E-state index contributed by atoms with van der Waals surface area (Å²) in [5.41, 5.74) is 12.5. The first kappa shape index (κ1) is 19.3. The van der Waals surface area contributed by atoms with Gasteiger partial charge in [0.25, 0.3) is 0 Å². The number of likely N-dealkylation sites (tertiary alicyclic amines) is 1. The minimum Gasteiger partial charge on any atom is -0.397 e. The molecule has 0 radical (unpaired) electrons. The molecule has 3 heterocycles. The summed E-state index contributed by atoms with van der Waals surface area (Å²) < 4.78 is 0. The van der Waals surface area contributed by atoms with E-state index in [4.69, 9.17) is 11.5 Å². The van der Waals surface area contributed by atoms with E-state index in [-0.39, 0.29) is 23.2 Å². The average Bonchev–Trinajstić information content (AvgIpc) is 2.68. The molecule has 3 rings (SSSR count). The van der Waals surface area contributed by atoms with E-state index in [0.29, 0.717) is 24.3 Å². The maximum absolute atomic E-state index is 12.9. The predicted molar refractivity (Wildman–Crippen MR) is 103 cm³/mol. The van der Waals surface area contributed by atoms with Crippen molar-refractivity contribution in [2.24, 2.45) is 11.7 Å². The first-order chi connectivity index (χ1) is 13.3. The highest BCUT2D eigenvalue weighted by Gasteiger charge is 2.35. The molecule has 1 unspecified atom stereocenters. The molecule has 1 aliphatic heterocycles. The van der Waals surface area contributed by atoms with Gasteiger partial charge in [-0.15, -0.1) is 0 Å². The van der Waals surface area contributed by atoms with Crippen LogP contribution < -0.4 is 16.8 Å². The second kappa shape index (κ2) is 8.03. The van der Waals surface area contributed by atoms with Crippen molar-refractivity contribution >= 4 is 29.1 Å². The van der Waals surface area contributed by atoms with E-state index in [2.05, 4.69) is 15.3 Å². The maximum Gasteiger partial charge on any atom is 0.313 e. The fourth-order valence-corrected chi connectivity index (χ4v) is 3.26. The van der Waals surface area contributed by atoms with Gasteiger partial charge in [0.1, 0.15) is 0 Å². The van der Waals surface area contributed by atoms with Gasteiger partial charge in [0.2, 0.25) is 5.91 Å². The molecule has 9 nitrogen and oxygen atoms in total. The van der Waals surface area contributed by atoms with Crippen LogP contribution in [0.1, 0.15) is 41.9 Å². The van der Waals surface area contributed by atoms with E-state index in [1.54, 1.807) is 12.1 Å². The maximum atomic E-state index is 12.9. The number of anilines is 2. The first-order valence-corrected chi connectivity index (χ1v) is 8.93. The Labute approximate surface area is 162 Å². The van der Waals surface area contributed by atoms with Crippen LogP contribution in [0.4, 0.5) is 11.4 Å². The molecule has 0 saturated carbocycles. The third-order valence-corrected chi connectivity index (χ3v) is 4.70. The molecule has 1 fully saturated rings. The molecule has 146 valence electrons. The SMILES string of the molecule is C[C@H]1CCC(c2ccc(N)cn2)N(C(=O)C(=O)Nc2cncc(C(N)=O)c2)C1. The monoisotopic (exact) mass is 382 g/mol. The van der Waals surface area contributed by atoms with E-state index in [1.165, 1.54) is 29.6 Å². The fraction of sp³-hybridized carbons (Fsp3) is 0.316. The smallest absolute Gasteiger partial charge is 0.313 e. The van der Waals surface area contributed by atoms with Gasteiger partial charge < -0.3 is 21.7 Å². The molecule has 1 saturated heterocycles. The minimum absolute atomic E-state index is 0.140. The van der Waals surface area contributed by atoms with Gasteiger partial charge >= 0.3 is 11.8 Å². The highest BCUT2D eigenvalue weighted by atomic mass is 16.2. The number of hydrogen-bond acceptors (Lipinski definition) is 6. The van der Waals surface area contributed by atoms with Crippen molar-refractivity contribution < 1.29 is 14.4 Å². The van der Waals surface area contributed by atoms with Gasteiger partial charge in [0, 0.05) is 12.7 Å². The second-order valence-corrected chi connectivity index (χ2v) is 6.95. The largest absolute Gasteiger partial charge is 0.397 e. The third kappa shape index (κ3) is 4.25. The lowest BCUT2D eigenvalue weighted by Gasteiger charge is -2.37. The molecule has 1 aliphatic rings. The number of nitrogens with two attached hydrogens (primary N) is 2. The lowest BCUT2D eigenvalue weighted by atomic mass is 9.92. The number of carbonyl (C=O) groups is 3. The number of piperidine rings is 1. The molecule has 2 atom stereocenters. The Bertz CT molecular complexity index is 899. The number of carbonyl (C=O) groups excluding carboxylic acids is 3. The van der Waals surface area contributed by atoms with Crippen LogP contribution in [0, 0.1) is 5.92 Å². The lowest BCUT2D eigenvalue weighted by molar-refractivity contribution is -0.146. The van der Waals surface area contributed by atoms with Crippen molar-refractivity contribution in [3.8, 4) is 0 Å². The summed E-state index contributed by atoms with van der Waals surface area (Å²) in [5.74, 6) is -1.88. The number of rotatable bonds is 3. The van der Waals surface area contributed by atoms with Crippen LogP contribution in [0.5, 0.6) is 0 Å². The number of pyridine rings is 2. The Morgan fingerprint density at radius 2 is 1.96 bits per heavy atom. The van der Waals surface area contributed by atoms with Crippen LogP contribution in [-0.2, 0) is 9.59 Å². The molecule has 28 heavy (non-hydrogen) atoms. The zero-order valence-corrected chi connectivity index (χ0v) is 15.5. The van der Waals surface area contributed by atoms with Crippen molar-refractivity contribution in [2.45, 2.75) is 25.8 Å². The zero-order valence-electron chi connectivity index (χ0n) is 15.5. The molecule has 3 amide bonds. The molecule has 0 bridgehead atoms. The van der Waals surface area contributed by atoms with E-state index < -0.39 is 17.7 Å². The third-order valence-electron chi connectivity index (χ3n) is 4.70. The summed E-state index contributed by atoms with van der Waals surface area (Å²) in [6.45, 7) is 2.48. The van der Waals surface area contributed by atoms with Crippen molar-refractivity contribution in [3.63, 3.8) is 0 Å². The number of primary amides is 1. The van der Waals surface area contributed by atoms with E-state index in [1.807, 2.05) is 6.92 Å². The number of hydrogen-bond donors (Lipinski definition) is 3. The molecular formula is C19H22N6O3. The van der Waals surface area contributed by atoms with Crippen LogP contribution in [0.15, 0.2) is 36.8 Å². The van der Waals surface area contributed by atoms with Gasteiger partial charge in [-0.1, -0.05) is 6.92 Å². The predicted octanol–water partition coefficient (Wildman–Crippen LogP) is 1.10. The van der Waals surface area contributed by atoms with E-state index in [9.17, 15) is 14.4 Å². The van der Waals surface area contributed by atoms with Gasteiger partial charge in [0.15, 0.2) is 0 Å². The van der Waals surface area contributed by atoms with Crippen LogP contribution in [0.2, 0.25) is 0 Å². The number of nitrogens with zero attached hydrogens (tertiary/aromatic N) is 3. The number of aromatic nitrogens is 2. The zero-order chi connectivity index (χ0) is 20.3. The summed E-state index contributed by atoms with van der Waals surface area (Å²) in [6.07, 6.45) is 5.80. The van der Waals surface area contributed by atoms with Crippen LogP contribution >= 0.6 is 0 Å². The lowest BCUT2D eigenvalue weighted by Crippen LogP contribution is -2.46. The van der Waals surface area contributed by atoms with Crippen molar-refractivity contribution in [1.29, 1.82) is 0 Å². The van der Waals surface area contributed by atoms with Gasteiger partial charge in [0.05, 0.1) is 41.1 Å². The Morgan fingerprint density at radius 1 is 1.18 bits per heavy atom. The Hall–Kier alpha value is -3.49. The minimum atomic E-state index is -0.807. The van der Waals surface area contributed by atoms with Crippen LogP contribution in [0.3, 0.4) is 0 Å². The topological polar surface area (TPSA) is 144 Å². The molecule has 5 N–H and O–H groups in total. The highest BCUT2D eigenvalue weighted by molar-refractivity contribution is 6.39. The molecule has 2 aromatic rings. The molecule has 0 spiro atoms. The molecule has 0 aromatic carbocycles. The van der Waals surface area contributed by atoms with Crippen molar-refractivity contribution in [2.75, 3.05) is 17.6 Å².